The van der Waals surface area contributed by atoms with Crippen molar-refractivity contribution in [1.82, 2.24) is 30.3 Å². The number of ether oxygens (including phenoxy) is 1. The zero-order valence-corrected chi connectivity index (χ0v) is 17.8. The number of methoxy groups -OCH3 is 1. The fourth-order valence-corrected chi connectivity index (χ4v) is 2.75. The molecule has 33 heavy (non-hydrogen) atoms. The number of aromatic nitrogens is 5. The summed E-state index contributed by atoms with van der Waals surface area (Å²) < 4.78 is 44.6. The minimum absolute atomic E-state index is 0.0200. The quantitative estimate of drug-likeness (QED) is 0.513. The number of aryl methyl sites for hydroxylation is 1. The molecule has 1 atom stereocenters. The molecule has 0 aliphatic rings. The molecule has 3 aromatic rings. The predicted molar refractivity (Wildman–Crippen MR) is 110 cm³/mol. The first kappa shape index (κ1) is 23.6. The highest BCUT2D eigenvalue weighted by atomic mass is 19.4. The number of alkyl halides is 3. The van der Waals surface area contributed by atoms with Gasteiger partial charge in [-0.15, -0.1) is 5.10 Å². The molecule has 0 fully saturated rings. The highest BCUT2D eigenvalue weighted by Crippen LogP contribution is 2.30. The Hall–Kier alpha value is -4.03. The van der Waals surface area contributed by atoms with Gasteiger partial charge in [-0.25, -0.2) is 14.6 Å². The van der Waals surface area contributed by atoms with Crippen LogP contribution in [-0.2, 0) is 20.5 Å². The van der Waals surface area contributed by atoms with Crippen LogP contribution in [0.25, 0.3) is 11.4 Å². The minimum atomic E-state index is -4.50. The monoisotopic (exact) mass is 463 g/mol. The molecule has 0 spiro atoms. The van der Waals surface area contributed by atoms with Crippen molar-refractivity contribution < 1.29 is 27.5 Å². The Morgan fingerprint density at radius 2 is 1.94 bits per heavy atom. The van der Waals surface area contributed by atoms with Crippen LogP contribution in [0.2, 0.25) is 0 Å². The van der Waals surface area contributed by atoms with E-state index in [4.69, 9.17) is 0 Å². The van der Waals surface area contributed by atoms with Gasteiger partial charge in [-0.2, -0.15) is 13.2 Å². The first-order chi connectivity index (χ1) is 15.6. The summed E-state index contributed by atoms with van der Waals surface area (Å²) in [5.74, 6) is -0.815. The van der Waals surface area contributed by atoms with Crippen molar-refractivity contribution in [3.8, 4) is 11.4 Å². The van der Waals surface area contributed by atoms with Gasteiger partial charge >= 0.3 is 12.1 Å². The lowest BCUT2D eigenvalue weighted by Crippen LogP contribution is -2.35. The summed E-state index contributed by atoms with van der Waals surface area (Å²) in [6.45, 7) is 3.07. The zero-order chi connectivity index (χ0) is 24.2. The van der Waals surface area contributed by atoms with Gasteiger partial charge in [-0.05, 0) is 43.7 Å². The largest absolute Gasteiger partial charge is 0.468 e. The van der Waals surface area contributed by atoms with E-state index in [0.717, 1.165) is 23.9 Å². The second-order valence-corrected chi connectivity index (χ2v) is 7.02. The topological polar surface area (TPSA) is 124 Å². The number of pyridine rings is 2. The molecule has 0 aromatic carbocycles. The van der Waals surface area contributed by atoms with Crippen LogP contribution in [0.15, 0.2) is 36.7 Å². The lowest BCUT2D eigenvalue weighted by atomic mass is 10.2. The number of halogens is 3. The molecule has 0 aliphatic carbocycles. The average molecular weight is 463 g/mol. The molecule has 0 saturated carbocycles. The van der Waals surface area contributed by atoms with Crippen LogP contribution in [0.1, 0.15) is 24.1 Å². The summed E-state index contributed by atoms with van der Waals surface area (Å²) in [6, 6.07) is 4.34. The third-order valence-electron chi connectivity index (χ3n) is 4.50. The van der Waals surface area contributed by atoms with Crippen LogP contribution in [-0.4, -0.2) is 50.5 Å². The Kier molecular flexibility index (Phi) is 6.89. The van der Waals surface area contributed by atoms with E-state index in [9.17, 15) is 22.8 Å². The van der Waals surface area contributed by atoms with E-state index < -0.39 is 29.7 Å². The van der Waals surface area contributed by atoms with Gasteiger partial charge < -0.3 is 15.4 Å². The van der Waals surface area contributed by atoms with Crippen molar-refractivity contribution in [3.05, 3.63) is 47.8 Å². The smallest absolute Gasteiger partial charge is 0.416 e. The van der Waals surface area contributed by atoms with E-state index in [0.29, 0.717) is 11.4 Å². The molecule has 3 aromatic heterocycles. The van der Waals surface area contributed by atoms with Crippen LogP contribution in [0.5, 0.6) is 0 Å². The SMILES string of the molecule is COC(=O)CNC(=O)[C@H](C)n1cc(-c2cc(C)cc(Nc3cc(C(F)(F)F)ccn3)n2)nn1. The first-order valence-electron chi connectivity index (χ1n) is 9.62. The molecule has 0 saturated heterocycles. The fraction of sp³-hybridized carbons (Fsp3) is 0.300. The number of nitrogens with zero attached hydrogens (tertiary/aromatic N) is 5. The molecule has 3 rings (SSSR count). The van der Waals surface area contributed by atoms with Crippen LogP contribution in [0, 0.1) is 6.92 Å². The van der Waals surface area contributed by atoms with E-state index in [1.165, 1.54) is 18.0 Å². The normalized spacial score (nSPS) is 12.2. The highest BCUT2D eigenvalue weighted by molar-refractivity contribution is 5.84. The van der Waals surface area contributed by atoms with Crippen molar-refractivity contribution in [3.63, 3.8) is 0 Å². The molecule has 174 valence electrons. The van der Waals surface area contributed by atoms with Crippen molar-refractivity contribution in [2.24, 2.45) is 0 Å². The summed E-state index contributed by atoms with van der Waals surface area (Å²) in [5.41, 5.74) is 0.646. The fourth-order valence-electron chi connectivity index (χ4n) is 2.75. The molecule has 10 nitrogen and oxygen atoms in total. The van der Waals surface area contributed by atoms with Crippen LogP contribution >= 0.6 is 0 Å². The van der Waals surface area contributed by atoms with Gasteiger partial charge in [0.1, 0.15) is 29.9 Å². The summed E-state index contributed by atoms with van der Waals surface area (Å²) in [6.07, 6.45) is -1.94. The van der Waals surface area contributed by atoms with E-state index in [2.05, 4.69) is 35.7 Å². The van der Waals surface area contributed by atoms with Crippen LogP contribution in [0.4, 0.5) is 24.8 Å². The van der Waals surface area contributed by atoms with Gasteiger partial charge in [0.05, 0.1) is 24.6 Å². The van der Waals surface area contributed by atoms with E-state index in [1.54, 1.807) is 26.0 Å². The van der Waals surface area contributed by atoms with Gasteiger partial charge in [0.15, 0.2) is 0 Å². The second-order valence-electron chi connectivity index (χ2n) is 7.02. The van der Waals surface area contributed by atoms with E-state index >= 15 is 0 Å². The lowest BCUT2D eigenvalue weighted by molar-refractivity contribution is -0.141. The summed E-state index contributed by atoms with van der Waals surface area (Å²) in [5, 5.41) is 13.1. The Balaban J connectivity index is 1.78. The van der Waals surface area contributed by atoms with Crippen molar-refractivity contribution in [2.45, 2.75) is 26.1 Å². The summed E-state index contributed by atoms with van der Waals surface area (Å²) in [7, 11) is 1.21. The molecule has 2 N–H and O–H groups in total. The Morgan fingerprint density at radius 1 is 1.18 bits per heavy atom. The van der Waals surface area contributed by atoms with Gasteiger partial charge in [-0.3, -0.25) is 9.59 Å². The number of hydrogen-bond donors (Lipinski definition) is 2. The number of amides is 1. The van der Waals surface area contributed by atoms with Crippen molar-refractivity contribution >= 4 is 23.5 Å². The molecule has 0 unspecified atom stereocenters. The number of esters is 1. The van der Waals surface area contributed by atoms with Crippen LogP contribution in [0.3, 0.4) is 0 Å². The molecule has 3 heterocycles. The van der Waals surface area contributed by atoms with Gasteiger partial charge in [0.2, 0.25) is 5.91 Å². The summed E-state index contributed by atoms with van der Waals surface area (Å²) >= 11 is 0. The first-order valence-corrected chi connectivity index (χ1v) is 9.62. The molecule has 0 aliphatic heterocycles. The number of nitrogens with one attached hydrogen (secondary N) is 2. The number of rotatable bonds is 7. The Morgan fingerprint density at radius 3 is 2.64 bits per heavy atom. The van der Waals surface area contributed by atoms with Crippen molar-refractivity contribution in [2.75, 3.05) is 19.0 Å². The third kappa shape index (κ3) is 6.02. The van der Waals surface area contributed by atoms with Crippen molar-refractivity contribution in [1.29, 1.82) is 0 Å². The van der Waals surface area contributed by atoms with Gasteiger partial charge in [-0.1, -0.05) is 5.21 Å². The molecule has 0 radical (unpaired) electrons. The third-order valence-corrected chi connectivity index (χ3v) is 4.50. The molecule has 13 heteroatoms. The zero-order valence-electron chi connectivity index (χ0n) is 17.8. The molecule has 0 bridgehead atoms. The number of carbonyl (C=O) groups excluding carboxylic acids is 2. The Labute approximate surface area is 186 Å². The van der Waals surface area contributed by atoms with Crippen LogP contribution < -0.4 is 10.6 Å². The van der Waals surface area contributed by atoms with Gasteiger partial charge in [0, 0.05) is 6.20 Å². The standard InChI is InChI=1S/C20H20F3N7O3/c1-11-6-14(15-10-30(29-28-15)12(2)19(32)25-9-18(31)33-3)26-17(7-11)27-16-8-13(4-5-24-16)20(21,22)23/h4-8,10,12H,9H2,1-3H3,(H,25,32)(H,24,26,27)/t12-/m0/s1. The lowest BCUT2D eigenvalue weighted by Gasteiger charge is -2.11. The predicted octanol–water partition coefficient (Wildman–Crippen LogP) is 2.66. The maximum absolute atomic E-state index is 12.9. The summed E-state index contributed by atoms with van der Waals surface area (Å²) in [4.78, 5) is 31.7. The second kappa shape index (κ2) is 9.63. The maximum Gasteiger partial charge on any atom is 0.416 e. The maximum atomic E-state index is 12.9. The molecular formula is C20H20F3N7O3. The number of hydrogen-bond acceptors (Lipinski definition) is 8. The number of carbonyl (C=O) groups is 2. The van der Waals surface area contributed by atoms with E-state index in [1.807, 2.05) is 0 Å². The Bertz CT molecular complexity index is 1160. The van der Waals surface area contributed by atoms with Gasteiger partial charge in [0.25, 0.3) is 0 Å². The highest BCUT2D eigenvalue weighted by Gasteiger charge is 2.30. The molecule has 1 amide bonds. The minimum Gasteiger partial charge on any atom is -0.468 e. The average Bonchev–Trinajstić information content (AvgIpc) is 3.26. The van der Waals surface area contributed by atoms with E-state index in [-0.39, 0.29) is 18.2 Å². The molecular weight excluding hydrogens is 443 g/mol. The number of anilines is 2.